The molecule has 9 nitrogen and oxygen atoms in total. The summed E-state index contributed by atoms with van der Waals surface area (Å²) < 4.78 is 11.2. The second kappa shape index (κ2) is 24.6. The lowest BCUT2D eigenvalue weighted by Gasteiger charge is -2.30. The first-order valence-electron chi connectivity index (χ1n) is 15.8. The van der Waals surface area contributed by atoms with Crippen LogP contribution in [-0.2, 0) is 16.1 Å². The van der Waals surface area contributed by atoms with E-state index >= 15 is 0 Å². The predicted octanol–water partition coefficient (Wildman–Crippen LogP) is 5.06. The first kappa shape index (κ1) is 44.5. The monoisotopic (exact) mass is 664 g/mol. The minimum Gasteiger partial charge on any atom is -0.493 e. The van der Waals surface area contributed by atoms with Gasteiger partial charge in [0.25, 0.3) is 5.91 Å². The van der Waals surface area contributed by atoms with Crippen LogP contribution in [0.3, 0.4) is 0 Å². The Bertz CT molecular complexity index is 920. The van der Waals surface area contributed by atoms with Gasteiger partial charge in [-0.15, -0.1) is 24.8 Å². The summed E-state index contributed by atoms with van der Waals surface area (Å²) in [6, 6.07) is 5.23. The minimum atomic E-state index is -0.811. The molecule has 1 rings (SSSR count). The Hall–Kier alpha value is -1.62. The maximum atomic E-state index is 13.3. The van der Waals surface area contributed by atoms with Crippen molar-refractivity contribution in [1.82, 2.24) is 15.5 Å². The van der Waals surface area contributed by atoms with Crippen molar-refractivity contribution in [2.45, 2.75) is 91.8 Å². The summed E-state index contributed by atoms with van der Waals surface area (Å²) in [4.78, 5) is 28.2. The number of carbonyl (C=O) groups is 2. The highest BCUT2D eigenvalue weighted by atomic mass is 35.5. The van der Waals surface area contributed by atoms with Crippen LogP contribution in [0, 0.1) is 23.7 Å². The SMILES string of the molecule is CCCCNC(=O)C(CC(O)C(N)CC(CNC(=O)c1ccc(CN(C)C)cc1OCCCCOC)C(C)C)C(C)C.Cl.Cl. The van der Waals surface area contributed by atoms with Crippen LogP contribution in [0.5, 0.6) is 5.75 Å². The molecule has 4 atom stereocenters. The molecule has 0 saturated heterocycles. The van der Waals surface area contributed by atoms with Gasteiger partial charge in [0.15, 0.2) is 0 Å². The van der Waals surface area contributed by atoms with Crippen LogP contribution in [0.25, 0.3) is 0 Å². The van der Waals surface area contributed by atoms with Crippen molar-refractivity contribution in [1.29, 1.82) is 0 Å². The molecule has 0 saturated carbocycles. The molecule has 0 bridgehead atoms. The summed E-state index contributed by atoms with van der Waals surface area (Å²) in [6.45, 7) is 13.3. The lowest BCUT2D eigenvalue weighted by Crippen LogP contribution is -2.44. The van der Waals surface area contributed by atoms with E-state index in [1.807, 2.05) is 46.1 Å². The number of unbranched alkanes of at least 4 members (excludes halogenated alkanes) is 2. The van der Waals surface area contributed by atoms with E-state index < -0.39 is 12.1 Å². The van der Waals surface area contributed by atoms with Crippen LogP contribution in [0.15, 0.2) is 18.2 Å². The topological polar surface area (TPSA) is 126 Å². The van der Waals surface area contributed by atoms with E-state index in [-0.39, 0.29) is 60.3 Å². The predicted molar refractivity (Wildman–Crippen MR) is 185 cm³/mol. The van der Waals surface area contributed by atoms with Gasteiger partial charge in [-0.25, -0.2) is 0 Å². The van der Waals surface area contributed by atoms with Crippen molar-refractivity contribution in [3.8, 4) is 5.75 Å². The number of nitrogens with one attached hydrogen (secondary N) is 2. The molecule has 5 N–H and O–H groups in total. The number of nitrogens with two attached hydrogens (primary N) is 1. The van der Waals surface area contributed by atoms with Gasteiger partial charge in [-0.2, -0.15) is 0 Å². The lowest BCUT2D eigenvalue weighted by molar-refractivity contribution is -0.127. The van der Waals surface area contributed by atoms with Gasteiger partial charge in [-0.1, -0.05) is 47.1 Å². The Kier molecular flexibility index (Phi) is 24.9. The number of hydrogen-bond acceptors (Lipinski definition) is 7. The van der Waals surface area contributed by atoms with Crippen molar-refractivity contribution >= 4 is 36.6 Å². The maximum Gasteiger partial charge on any atom is 0.255 e. The van der Waals surface area contributed by atoms with Gasteiger partial charge < -0.3 is 35.8 Å². The molecule has 44 heavy (non-hydrogen) atoms. The zero-order chi connectivity index (χ0) is 31.7. The first-order valence-corrected chi connectivity index (χ1v) is 15.8. The molecule has 0 heterocycles. The van der Waals surface area contributed by atoms with Gasteiger partial charge in [-0.3, -0.25) is 9.59 Å². The molecule has 258 valence electrons. The fourth-order valence-corrected chi connectivity index (χ4v) is 4.92. The smallest absolute Gasteiger partial charge is 0.255 e. The molecule has 1 aromatic carbocycles. The van der Waals surface area contributed by atoms with Crippen molar-refractivity contribution in [2.24, 2.45) is 29.4 Å². The molecule has 0 aliphatic rings. The zero-order valence-electron chi connectivity index (χ0n) is 28.4. The van der Waals surface area contributed by atoms with E-state index in [2.05, 4.69) is 36.3 Å². The van der Waals surface area contributed by atoms with E-state index in [1.54, 1.807) is 7.11 Å². The van der Waals surface area contributed by atoms with E-state index in [1.165, 1.54) is 0 Å². The Morgan fingerprint density at radius 3 is 2.20 bits per heavy atom. The molecule has 0 aliphatic carbocycles. The number of halogens is 2. The van der Waals surface area contributed by atoms with Gasteiger partial charge in [-0.05, 0) is 81.6 Å². The van der Waals surface area contributed by atoms with Gasteiger partial charge >= 0.3 is 0 Å². The van der Waals surface area contributed by atoms with Crippen molar-refractivity contribution in [2.75, 3.05) is 47.5 Å². The number of benzene rings is 1. The maximum absolute atomic E-state index is 13.3. The fraction of sp³-hybridized carbons (Fsp3) is 0.758. The summed E-state index contributed by atoms with van der Waals surface area (Å²) in [5.74, 6) is 0.445. The van der Waals surface area contributed by atoms with Crippen LogP contribution in [0.1, 0.15) is 89.1 Å². The Labute approximate surface area is 279 Å². The van der Waals surface area contributed by atoms with E-state index in [9.17, 15) is 14.7 Å². The first-order chi connectivity index (χ1) is 19.9. The van der Waals surface area contributed by atoms with Crippen LogP contribution in [-0.4, -0.2) is 81.5 Å². The normalized spacial score (nSPS) is 13.9. The highest BCUT2D eigenvalue weighted by molar-refractivity contribution is 5.97. The summed E-state index contributed by atoms with van der Waals surface area (Å²) in [7, 11) is 5.69. The van der Waals surface area contributed by atoms with Crippen LogP contribution >= 0.6 is 24.8 Å². The molecule has 0 aromatic heterocycles. The van der Waals surface area contributed by atoms with Gasteiger partial charge in [0, 0.05) is 45.3 Å². The average Bonchev–Trinajstić information content (AvgIpc) is 2.92. The fourth-order valence-electron chi connectivity index (χ4n) is 4.92. The highest BCUT2D eigenvalue weighted by Gasteiger charge is 2.30. The number of methoxy groups -OCH3 is 1. The second-order valence-electron chi connectivity index (χ2n) is 12.5. The van der Waals surface area contributed by atoms with Crippen molar-refractivity contribution in [3.63, 3.8) is 0 Å². The molecular formula is C33H62Cl2N4O5. The van der Waals surface area contributed by atoms with Crippen LogP contribution in [0.2, 0.25) is 0 Å². The summed E-state index contributed by atoms with van der Waals surface area (Å²) >= 11 is 0. The molecule has 0 aliphatic heterocycles. The summed E-state index contributed by atoms with van der Waals surface area (Å²) in [5.41, 5.74) is 8.06. The molecular weight excluding hydrogens is 603 g/mol. The third kappa shape index (κ3) is 17.2. The second-order valence-corrected chi connectivity index (χ2v) is 12.5. The summed E-state index contributed by atoms with van der Waals surface area (Å²) in [5, 5.41) is 17.1. The van der Waals surface area contributed by atoms with Crippen molar-refractivity contribution < 1.29 is 24.2 Å². The molecule has 0 fully saturated rings. The lowest BCUT2D eigenvalue weighted by atomic mass is 9.83. The number of carbonyl (C=O) groups excluding carboxylic acids is 2. The van der Waals surface area contributed by atoms with Crippen LogP contribution < -0.4 is 21.1 Å². The van der Waals surface area contributed by atoms with E-state index in [4.69, 9.17) is 15.2 Å². The number of hydrogen-bond donors (Lipinski definition) is 4. The molecule has 4 unspecified atom stereocenters. The minimum absolute atomic E-state index is 0. The highest BCUT2D eigenvalue weighted by Crippen LogP contribution is 2.25. The number of aliphatic hydroxyl groups is 1. The van der Waals surface area contributed by atoms with Crippen molar-refractivity contribution in [3.05, 3.63) is 29.3 Å². The number of nitrogens with zero attached hydrogens (tertiary/aromatic N) is 1. The number of aliphatic hydroxyl groups excluding tert-OH is 1. The molecule has 1 aromatic rings. The van der Waals surface area contributed by atoms with E-state index in [0.717, 1.165) is 37.8 Å². The largest absolute Gasteiger partial charge is 0.493 e. The third-order valence-electron chi connectivity index (χ3n) is 7.79. The van der Waals surface area contributed by atoms with Crippen LogP contribution in [0.4, 0.5) is 0 Å². The summed E-state index contributed by atoms with van der Waals surface area (Å²) in [6.07, 6.45) is 3.71. The Balaban J connectivity index is 0. The van der Waals surface area contributed by atoms with Gasteiger partial charge in [0.1, 0.15) is 5.75 Å². The molecule has 0 radical (unpaired) electrons. The zero-order valence-corrected chi connectivity index (χ0v) is 30.0. The molecule has 2 amide bonds. The molecule has 11 heteroatoms. The van der Waals surface area contributed by atoms with Gasteiger partial charge in [0.05, 0.1) is 18.3 Å². The Morgan fingerprint density at radius 2 is 1.64 bits per heavy atom. The quantitative estimate of drug-likeness (QED) is 0.128. The Morgan fingerprint density at radius 1 is 0.977 bits per heavy atom. The standard InChI is InChI=1S/C33H60N4O5.2ClH/c1-9-10-15-35-33(40)28(24(4)5)20-30(38)29(34)19-26(23(2)3)21-36-32(39)27-14-13-25(22-37(6)7)18-31(27)42-17-12-11-16-41-8;;/h13-14,18,23-24,26,28-30,38H,9-12,15-17,19-22,34H2,1-8H3,(H,35,40)(H,36,39);2*1H. The number of rotatable bonds is 22. The van der Waals surface area contributed by atoms with E-state index in [0.29, 0.717) is 50.5 Å². The van der Waals surface area contributed by atoms with Gasteiger partial charge in [0.2, 0.25) is 5.91 Å². The number of amides is 2. The average molecular weight is 666 g/mol. The third-order valence-corrected chi connectivity index (χ3v) is 7.79. The number of ether oxygens (including phenoxy) is 2. The molecule has 0 spiro atoms.